The van der Waals surface area contributed by atoms with Crippen LogP contribution in [0, 0.1) is 0 Å². The van der Waals surface area contributed by atoms with Gasteiger partial charge in [0.15, 0.2) is 17.3 Å². The second-order valence-electron chi connectivity index (χ2n) is 6.50. The van der Waals surface area contributed by atoms with Crippen molar-refractivity contribution in [2.24, 2.45) is 0 Å². The van der Waals surface area contributed by atoms with Gasteiger partial charge in [0.1, 0.15) is 0 Å². The largest absolute Gasteiger partial charge is 0.493 e. The van der Waals surface area contributed by atoms with E-state index in [4.69, 9.17) is 18.7 Å². The number of ether oxygens (including phenoxy) is 3. The van der Waals surface area contributed by atoms with Crippen molar-refractivity contribution in [3.05, 3.63) is 41.4 Å². The average molecular weight is 400 g/mol. The zero-order chi connectivity index (χ0) is 19.7. The van der Waals surface area contributed by atoms with Crippen molar-refractivity contribution in [2.45, 2.75) is 18.3 Å². The molecule has 1 saturated carbocycles. The molecule has 3 aromatic rings. The van der Waals surface area contributed by atoms with Crippen LogP contribution in [0.4, 0.5) is 5.69 Å². The van der Waals surface area contributed by atoms with E-state index in [9.17, 15) is 4.79 Å². The molecule has 0 radical (unpaired) electrons. The number of methoxy groups -OCH3 is 3. The summed E-state index contributed by atoms with van der Waals surface area (Å²) in [7, 11) is 4.60. The lowest BCUT2D eigenvalue weighted by Crippen LogP contribution is -2.28. The van der Waals surface area contributed by atoms with Gasteiger partial charge in [-0.3, -0.25) is 4.79 Å². The van der Waals surface area contributed by atoms with Crippen molar-refractivity contribution in [1.82, 2.24) is 5.16 Å². The van der Waals surface area contributed by atoms with E-state index in [2.05, 4.69) is 10.5 Å². The van der Waals surface area contributed by atoms with Gasteiger partial charge in [-0.15, -0.1) is 11.3 Å². The fraction of sp³-hybridized carbons (Fsp3) is 0.300. The van der Waals surface area contributed by atoms with Crippen LogP contribution in [0.2, 0.25) is 0 Å². The van der Waals surface area contributed by atoms with Gasteiger partial charge >= 0.3 is 0 Å². The van der Waals surface area contributed by atoms with Crippen LogP contribution in [-0.4, -0.2) is 32.4 Å². The molecule has 0 saturated heterocycles. The zero-order valence-electron chi connectivity index (χ0n) is 15.8. The van der Waals surface area contributed by atoms with E-state index in [1.165, 1.54) is 21.3 Å². The number of amides is 1. The van der Waals surface area contributed by atoms with Crippen molar-refractivity contribution in [3.8, 4) is 27.9 Å². The van der Waals surface area contributed by atoms with Gasteiger partial charge in [0, 0.05) is 23.9 Å². The van der Waals surface area contributed by atoms with Crippen LogP contribution in [0.25, 0.3) is 10.6 Å². The fourth-order valence-corrected chi connectivity index (χ4v) is 3.84. The monoisotopic (exact) mass is 400 g/mol. The molecule has 1 amide bonds. The molecule has 1 aliphatic rings. The Balaban J connectivity index is 1.58. The first-order chi connectivity index (χ1) is 13.6. The van der Waals surface area contributed by atoms with Crippen LogP contribution in [0.5, 0.6) is 17.2 Å². The SMILES string of the molecule is COc1cc(NC(=O)C2(c3cc(-c4cccs4)on3)CC2)cc(OC)c1OC. The molecule has 0 spiro atoms. The first kappa shape index (κ1) is 18.4. The first-order valence-corrected chi connectivity index (χ1v) is 9.62. The number of nitrogens with zero attached hydrogens (tertiary/aromatic N) is 1. The summed E-state index contributed by atoms with van der Waals surface area (Å²) in [6, 6.07) is 9.18. The third kappa shape index (κ3) is 3.09. The summed E-state index contributed by atoms with van der Waals surface area (Å²) in [4.78, 5) is 14.0. The minimum absolute atomic E-state index is 0.132. The van der Waals surface area contributed by atoms with Gasteiger partial charge in [0.2, 0.25) is 11.7 Å². The lowest BCUT2D eigenvalue weighted by atomic mass is 10.0. The highest BCUT2D eigenvalue weighted by Gasteiger charge is 2.54. The summed E-state index contributed by atoms with van der Waals surface area (Å²) in [5.74, 6) is 1.97. The topological polar surface area (TPSA) is 82.8 Å². The van der Waals surface area contributed by atoms with Crippen LogP contribution in [0.3, 0.4) is 0 Å². The summed E-state index contributed by atoms with van der Waals surface area (Å²) < 4.78 is 21.5. The summed E-state index contributed by atoms with van der Waals surface area (Å²) >= 11 is 1.57. The second-order valence-corrected chi connectivity index (χ2v) is 7.45. The van der Waals surface area contributed by atoms with Crippen LogP contribution in [0.1, 0.15) is 18.5 Å². The lowest BCUT2D eigenvalue weighted by molar-refractivity contribution is -0.118. The molecule has 0 unspecified atom stereocenters. The van der Waals surface area contributed by atoms with Crippen LogP contribution >= 0.6 is 11.3 Å². The molecule has 1 aliphatic carbocycles. The molecule has 1 N–H and O–H groups in total. The molecule has 0 aliphatic heterocycles. The summed E-state index contributed by atoms with van der Waals surface area (Å²) in [5, 5.41) is 9.09. The van der Waals surface area contributed by atoms with Crippen molar-refractivity contribution < 1.29 is 23.5 Å². The molecular formula is C20H20N2O5S. The molecule has 2 heterocycles. The Morgan fingerprint density at radius 1 is 1.14 bits per heavy atom. The number of carbonyl (C=O) groups is 1. The van der Waals surface area contributed by atoms with E-state index >= 15 is 0 Å². The normalized spacial score (nSPS) is 14.4. The Morgan fingerprint density at radius 2 is 1.86 bits per heavy atom. The molecule has 0 atom stereocenters. The number of hydrogen-bond acceptors (Lipinski definition) is 7. The van der Waals surface area contributed by atoms with E-state index in [1.807, 2.05) is 23.6 Å². The average Bonchev–Trinajstić information content (AvgIpc) is 3.11. The van der Waals surface area contributed by atoms with Crippen LogP contribution in [0.15, 0.2) is 40.2 Å². The van der Waals surface area contributed by atoms with Crippen molar-refractivity contribution in [3.63, 3.8) is 0 Å². The van der Waals surface area contributed by atoms with Gasteiger partial charge in [-0.05, 0) is 24.3 Å². The van der Waals surface area contributed by atoms with Gasteiger partial charge in [-0.1, -0.05) is 11.2 Å². The maximum absolute atomic E-state index is 13.0. The third-order valence-electron chi connectivity index (χ3n) is 4.87. The Bertz CT molecular complexity index is 967. The number of thiophene rings is 1. The van der Waals surface area contributed by atoms with Crippen molar-refractivity contribution in [2.75, 3.05) is 26.6 Å². The minimum Gasteiger partial charge on any atom is -0.493 e. The van der Waals surface area contributed by atoms with Gasteiger partial charge in [-0.25, -0.2) is 0 Å². The lowest BCUT2D eigenvalue weighted by Gasteiger charge is -2.16. The van der Waals surface area contributed by atoms with E-state index in [0.29, 0.717) is 34.4 Å². The minimum atomic E-state index is -0.667. The number of nitrogens with one attached hydrogen (secondary N) is 1. The summed E-state index contributed by atoms with van der Waals surface area (Å²) in [6.45, 7) is 0. The van der Waals surface area contributed by atoms with Gasteiger partial charge in [0.25, 0.3) is 0 Å². The summed E-state index contributed by atoms with van der Waals surface area (Å²) in [6.07, 6.45) is 1.44. The van der Waals surface area contributed by atoms with Crippen LogP contribution < -0.4 is 19.5 Å². The molecule has 1 fully saturated rings. The fourth-order valence-electron chi connectivity index (χ4n) is 3.16. The number of hydrogen-bond donors (Lipinski definition) is 1. The third-order valence-corrected chi connectivity index (χ3v) is 5.76. The molecule has 2 aromatic heterocycles. The molecular weight excluding hydrogens is 380 g/mol. The highest BCUT2D eigenvalue weighted by molar-refractivity contribution is 7.13. The van der Waals surface area contributed by atoms with E-state index in [-0.39, 0.29) is 5.91 Å². The standard InChI is InChI=1S/C20H20N2O5S/c1-24-14-9-12(10-15(25-2)18(14)26-3)21-19(23)20(6-7-20)17-11-13(27-22-17)16-5-4-8-28-16/h4-5,8-11H,6-7H2,1-3H3,(H,21,23). The van der Waals surface area contributed by atoms with Gasteiger partial charge < -0.3 is 24.1 Å². The summed E-state index contributed by atoms with van der Waals surface area (Å²) in [5.41, 5.74) is 0.549. The quantitative estimate of drug-likeness (QED) is 0.643. The highest BCUT2D eigenvalue weighted by Crippen LogP contribution is 2.50. The first-order valence-electron chi connectivity index (χ1n) is 8.74. The molecule has 7 nitrogen and oxygen atoms in total. The number of rotatable bonds is 7. The zero-order valence-corrected chi connectivity index (χ0v) is 16.6. The molecule has 28 heavy (non-hydrogen) atoms. The van der Waals surface area contributed by atoms with Gasteiger partial charge in [0.05, 0.1) is 37.3 Å². The van der Waals surface area contributed by atoms with E-state index in [0.717, 1.165) is 17.7 Å². The smallest absolute Gasteiger partial charge is 0.236 e. The highest BCUT2D eigenvalue weighted by atomic mass is 32.1. The molecule has 0 bridgehead atoms. The van der Waals surface area contributed by atoms with Crippen LogP contribution in [-0.2, 0) is 10.2 Å². The van der Waals surface area contributed by atoms with E-state index in [1.54, 1.807) is 23.5 Å². The van der Waals surface area contributed by atoms with E-state index < -0.39 is 5.41 Å². The maximum atomic E-state index is 13.0. The molecule has 1 aromatic carbocycles. The number of anilines is 1. The Kier molecular flexibility index (Phi) is 4.72. The van der Waals surface area contributed by atoms with Crippen molar-refractivity contribution in [1.29, 1.82) is 0 Å². The predicted octanol–water partition coefficient (Wildman–Crippen LogP) is 4.10. The Hall–Kier alpha value is -3.00. The Morgan fingerprint density at radius 3 is 2.39 bits per heavy atom. The second kappa shape index (κ2) is 7.20. The Labute approximate surface area is 166 Å². The predicted molar refractivity (Wildman–Crippen MR) is 105 cm³/mol. The molecule has 8 heteroatoms. The molecule has 4 rings (SSSR count). The maximum Gasteiger partial charge on any atom is 0.236 e. The van der Waals surface area contributed by atoms with Gasteiger partial charge in [-0.2, -0.15) is 0 Å². The van der Waals surface area contributed by atoms with Crippen molar-refractivity contribution >= 4 is 22.9 Å². The number of aromatic nitrogens is 1. The number of carbonyl (C=O) groups excluding carboxylic acids is 1. The molecule has 146 valence electrons. The number of benzene rings is 1.